The van der Waals surface area contributed by atoms with Gasteiger partial charge >= 0.3 is 0 Å². The molecule has 0 spiro atoms. The van der Waals surface area contributed by atoms with E-state index in [4.69, 9.17) is 6.58 Å². The molecular weight excluding hydrogens is 834 g/mol. The maximum Gasteiger partial charge on any atom is 0.251 e. The Bertz CT molecular complexity index is 2980. The largest absolute Gasteiger partial charge is 0.311 e. The number of rotatable bonds is 6. The highest BCUT2D eigenvalue weighted by Crippen LogP contribution is 2.50. The smallest absolute Gasteiger partial charge is 0.251 e. The average Bonchev–Trinajstić information content (AvgIpc) is 3.25. The second kappa shape index (κ2) is 17.4. The molecule has 0 saturated heterocycles. The Balaban J connectivity index is 1.54. The van der Waals surface area contributed by atoms with Gasteiger partial charge in [-0.2, -0.15) is 0 Å². The molecule has 2 aliphatic heterocycles. The summed E-state index contributed by atoms with van der Waals surface area (Å²) in [6.45, 7) is 46.3. The van der Waals surface area contributed by atoms with E-state index in [9.17, 15) is 0 Å². The summed E-state index contributed by atoms with van der Waals surface area (Å²) < 4.78 is 0. The first-order valence-corrected chi connectivity index (χ1v) is 25.2. The fraction of sp³-hybridized carbons (Fsp3) is 0.354. The zero-order valence-electron chi connectivity index (χ0n) is 45.3. The molecule has 4 heteroatoms. The summed E-state index contributed by atoms with van der Waals surface area (Å²) in [6.07, 6.45) is 4.69. The number of fused-ring (bicyclic) bond motifs is 2. The first kappa shape index (κ1) is 49.4. The molecule has 3 nitrogen and oxygen atoms in total. The average molecular weight is 912 g/mol. The van der Waals surface area contributed by atoms with Gasteiger partial charge in [0.25, 0.3) is 6.71 Å². The molecular formula is C65H78BN3. The molecule has 8 rings (SSSR count). The quantitative estimate of drug-likeness (QED) is 0.154. The molecule has 0 bridgehead atoms. The molecule has 0 N–H and O–H groups in total. The molecule has 0 unspecified atom stereocenters. The maximum atomic E-state index is 5.15. The van der Waals surface area contributed by atoms with Crippen LogP contribution in [0.25, 0.3) is 0 Å². The number of hydrogen-bond donors (Lipinski definition) is 0. The molecule has 2 aliphatic rings. The van der Waals surface area contributed by atoms with Gasteiger partial charge in [-0.25, -0.2) is 0 Å². The van der Waals surface area contributed by atoms with E-state index >= 15 is 0 Å². The van der Waals surface area contributed by atoms with Gasteiger partial charge in [0.15, 0.2) is 0 Å². The maximum absolute atomic E-state index is 5.15. The van der Waals surface area contributed by atoms with Crippen molar-refractivity contribution in [1.29, 1.82) is 0 Å². The molecule has 356 valence electrons. The molecule has 69 heavy (non-hydrogen) atoms. The summed E-state index contributed by atoms with van der Waals surface area (Å²) in [4.78, 5) is 7.55. The predicted octanol–water partition coefficient (Wildman–Crippen LogP) is 17.5. The summed E-state index contributed by atoms with van der Waals surface area (Å²) in [5, 5.41) is 0. The van der Waals surface area contributed by atoms with Gasteiger partial charge in [0.1, 0.15) is 0 Å². The van der Waals surface area contributed by atoms with Gasteiger partial charge in [-0.15, -0.1) is 6.58 Å². The highest BCUT2D eigenvalue weighted by molar-refractivity contribution is 6.96. The van der Waals surface area contributed by atoms with E-state index in [1.807, 2.05) is 0 Å². The van der Waals surface area contributed by atoms with Crippen LogP contribution in [0, 0.1) is 19.3 Å². The first-order chi connectivity index (χ1) is 32.0. The molecule has 6 aromatic rings. The number of anilines is 8. The lowest BCUT2D eigenvalue weighted by atomic mass is 9.32. The Morgan fingerprint density at radius 2 is 0.971 bits per heavy atom. The summed E-state index contributed by atoms with van der Waals surface area (Å²) in [7, 11) is 0. The monoisotopic (exact) mass is 912 g/mol. The van der Waals surface area contributed by atoms with E-state index in [0.29, 0.717) is 0 Å². The number of aryl methyl sites for hydroxylation is 2. The molecule has 0 amide bonds. The lowest BCUT2D eigenvalue weighted by molar-refractivity contribution is 0.504. The summed E-state index contributed by atoms with van der Waals surface area (Å²) in [5.74, 6) is 0. The van der Waals surface area contributed by atoms with E-state index in [1.165, 1.54) is 55.6 Å². The van der Waals surface area contributed by atoms with Crippen LogP contribution in [0.2, 0.25) is 0 Å². The number of allylic oxidation sites excluding steroid dienone is 4. The molecule has 6 aromatic carbocycles. The first-order valence-electron chi connectivity index (χ1n) is 25.2. The van der Waals surface area contributed by atoms with Gasteiger partial charge in [-0.3, -0.25) is 0 Å². The van der Waals surface area contributed by atoms with Crippen molar-refractivity contribution in [3.05, 3.63) is 190 Å². The van der Waals surface area contributed by atoms with Crippen LogP contribution in [0.15, 0.2) is 157 Å². The van der Waals surface area contributed by atoms with E-state index in [2.05, 4.69) is 273 Å². The zero-order valence-corrected chi connectivity index (χ0v) is 45.3. The fourth-order valence-corrected chi connectivity index (χ4v) is 9.93. The molecule has 0 atom stereocenters. The molecule has 0 aromatic heterocycles. The van der Waals surface area contributed by atoms with Crippen LogP contribution in [-0.2, 0) is 21.7 Å². The van der Waals surface area contributed by atoms with Crippen LogP contribution in [0.3, 0.4) is 0 Å². The van der Waals surface area contributed by atoms with Crippen molar-refractivity contribution in [2.24, 2.45) is 5.41 Å². The van der Waals surface area contributed by atoms with E-state index in [1.54, 1.807) is 0 Å². The standard InChI is InChI=1S/C65H78BN3/c1-42-20-35-55(43(2)38-42)67(50-29-22-46(23-30-50)62(8,9)10)53-40-58-60-59(41-53)69(52-33-26-48(27-34-52)64(14,15)16)57-37-28-49(65(17,18)19)39-54(57)66(60)45(4)56(36-21-44(3)61(5,6)7)68(58)51-31-24-47(25-32-51)63(11,12)13/h20-41H,4H2,1-3,5-19H3/b44-21+,56-36+. The zero-order chi connectivity index (χ0) is 50.3. The van der Waals surface area contributed by atoms with Crippen molar-refractivity contribution in [2.45, 2.75) is 146 Å². The van der Waals surface area contributed by atoms with Crippen LogP contribution in [0.1, 0.15) is 144 Å². The Labute approximate surface area is 417 Å². The molecule has 0 saturated carbocycles. The van der Waals surface area contributed by atoms with E-state index < -0.39 is 0 Å². The lowest BCUT2D eigenvalue weighted by Gasteiger charge is -2.46. The molecule has 0 aliphatic carbocycles. The van der Waals surface area contributed by atoms with Crippen molar-refractivity contribution < 1.29 is 0 Å². The minimum atomic E-state index is -0.105. The predicted molar refractivity (Wildman–Crippen MR) is 304 cm³/mol. The van der Waals surface area contributed by atoms with Crippen molar-refractivity contribution in [2.75, 3.05) is 14.7 Å². The van der Waals surface area contributed by atoms with Gasteiger partial charge in [-0.05, 0) is 153 Å². The van der Waals surface area contributed by atoms with Crippen molar-refractivity contribution in [3.63, 3.8) is 0 Å². The Hall–Kier alpha value is -6.00. The molecule has 2 heterocycles. The topological polar surface area (TPSA) is 9.72 Å². The lowest BCUT2D eigenvalue weighted by Crippen LogP contribution is -2.56. The SMILES string of the molecule is C=C1B2c3cc(C(C)(C)C)ccc3N(c3ccc(C(C)(C)C)cc3)c3cc(N(c4ccc(C(C)(C)C)cc4)c4ccc(C)cc4C)cc(c32)N(c2ccc(C(C)(C)C)cc2)/C1=C/C=C(\C)C(C)(C)C. The van der Waals surface area contributed by atoms with Crippen LogP contribution in [0.4, 0.5) is 45.5 Å². The summed E-state index contributed by atoms with van der Waals surface area (Å²) in [6, 6.07) is 46.9. The van der Waals surface area contributed by atoms with Crippen molar-refractivity contribution in [3.8, 4) is 0 Å². The van der Waals surface area contributed by atoms with Crippen LogP contribution in [-0.4, -0.2) is 6.71 Å². The normalized spacial score (nSPS) is 15.2. The highest BCUT2D eigenvalue weighted by atomic mass is 15.2. The van der Waals surface area contributed by atoms with Gasteiger partial charge < -0.3 is 14.7 Å². The molecule has 0 fully saturated rings. The van der Waals surface area contributed by atoms with Crippen LogP contribution >= 0.6 is 0 Å². The van der Waals surface area contributed by atoms with Gasteiger partial charge in [0, 0.05) is 45.5 Å². The fourth-order valence-electron chi connectivity index (χ4n) is 9.93. The minimum absolute atomic E-state index is 0.00151. The number of nitrogens with zero attached hydrogens (tertiary/aromatic N) is 3. The van der Waals surface area contributed by atoms with Crippen LogP contribution < -0.4 is 25.6 Å². The minimum Gasteiger partial charge on any atom is -0.311 e. The molecule has 0 radical (unpaired) electrons. The Morgan fingerprint density at radius 1 is 0.507 bits per heavy atom. The van der Waals surface area contributed by atoms with Gasteiger partial charge in [-0.1, -0.05) is 187 Å². The van der Waals surface area contributed by atoms with Crippen molar-refractivity contribution >= 4 is 63.1 Å². The highest BCUT2D eigenvalue weighted by Gasteiger charge is 2.45. The van der Waals surface area contributed by atoms with Gasteiger partial charge in [0.05, 0.1) is 5.69 Å². The summed E-state index contributed by atoms with van der Waals surface area (Å²) >= 11 is 0. The number of hydrogen-bond acceptors (Lipinski definition) is 3. The Kier molecular flexibility index (Phi) is 12.5. The van der Waals surface area contributed by atoms with Crippen molar-refractivity contribution in [1.82, 2.24) is 0 Å². The van der Waals surface area contributed by atoms with Crippen LogP contribution in [0.5, 0.6) is 0 Å². The van der Waals surface area contributed by atoms with Gasteiger partial charge in [0.2, 0.25) is 0 Å². The third-order valence-electron chi connectivity index (χ3n) is 14.8. The third-order valence-corrected chi connectivity index (χ3v) is 14.8. The third kappa shape index (κ3) is 9.54. The van der Waals surface area contributed by atoms with E-state index in [-0.39, 0.29) is 33.8 Å². The van der Waals surface area contributed by atoms with E-state index in [0.717, 1.165) is 51.0 Å². The number of benzene rings is 6. The Morgan fingerprint density at radius 3 is 1.45 bits per heavy atom. The summed E-state index contributed by atoms with van der Waals surface area (Å²) in [5.41, 5.74) is 22.8. The second-order valence-electron chi connectivity index (χ2n) is 25.2. The second-order valence-corrected chi connectivity index (χ2v) is 25.2.